The Morgan fingerprint density at radius 1 is 0.941 bits per heavy atom. The molecule has 0 aromatic carbocycles. The Morgan fingerprint density at radius 3 is 2.04 bits per heavy atom. The maximum Gasteiger partial charge on any atom is 0.311 e. The van der Waals surface area contributed by atoms with Crippen LogP contribution in [-0.4, -0.2) is 148 Å². The van der Waals surface area contributed by atoms with Crippen molar-refractivity contribution in [1.29, 1.82) is 0 Å². The molecule has 300 valence electrons. The van der Waals surface area contributed by atoms with E-state index in [1.807, 2.05) is 25.9 Å². The first-order chi connectivity index (χ1) is 23.4. The molecule has 4 unspecified atom stereocenters. The molecule has 0 spiro atoms. The number of aliphatic hydroxyl groups excluding tert-OH is 3. The molecule has 0 amide bonds. The van der Waals surface area contributed by atoms with Gasteiger partial charge in [0.25, 0.3) is 0 Å². The lowest BCUT2D eigenvalue weighted by atomic mass is 9.74. The van der Waals surface area contributed by atoms with E-state index in [4.69, 9.17) is 28.4 Å². The predicted molar refractivity (Wildman–Crippen MR) is 188 cm³/mol. The van der Waals surface area contributed by atoms with Gasteiger partial charge in [0, 0.05) is 43.9 Å². The van der Waals surface area contributed by atoms with Gasteiger partial charge >= 0.3 is 5.97 Å². The number of hydrogen-bond acceptors (Lipinski definition) is 14. The minimum Gasteiger partial charge on any atom is -0.459 e. The lowest BCUT2D eigenvalue weighted by molar-refractivity contribution is -0.309. The van der Waals surface area contributed by atoms with Crippen LogP contribution in [0, 0.1) is 23.7 Å². The van der Waals surface area contributed by atoms with E-state index < -0.39 is 108 Å². The second-order valence-corrected chi connectivity index (χ2v) is 15.9. The molecule has 2 aliphatic heterocycles. The summed E-state index contributed by atoms with van der Waals surface area (Å²) < 4.78 is 36.7. The maximum absolute atomic E-state index is 13.9. The summed E-state index contributed by atoms with van der Waals surface area (Å²) in [5, 5.41) is 57.4. The summed E-state index contributed by atoms with van der Waals surface area (Å²) in [6.07, 6.45) is -9.75. The van der Waals surface area contributed by atoms with Crippen molar-refractivity contribution in [2.24, 2.45) is 23.7 Å². The summed E-state index contributed by atoms with van der Waals surface area (Å²) in [5.74, 6) is -5.05. The van der Waals surface area contributed by atoms with E-state index in [9.17, 15) is 35.1 Å². The standard InChI is InChI=1S/C37H69NO13/c1-15-25(38(12)13)28(40)34(47-16-2)51-32-21(5)29(50-26-18-36(10,46-14)31(42)23(7)48-26)22(6)33(43)49-24(8)37(11,45)30(41)20(4)27(39)19(3)17-35(32,9)44/h19-26,28-32,34,40-42,44-45H,15-18H2,1-14H3/t19-,20+,21+,22-,23+,24-,25?,26-,28?,29+,30-,31?,32-,34+,35-,36?,37-/m1/s1. The summed E-state index contributed by atoms with van der Waals surface area (Å²) in [7, 11) is 5.13. The van der Waals surface area contributed by atoms with Crippen molar-refractivity contribution < 1.29 is 63.5 Å². The molecule has 17 atom stereocenters. The van der Waals surface area contributed by atoms with Crippen molar-refractivity contribution in [3.05, 3.63) is 0 Å². The molecule has 0 aromatic rings. The Kier molecular flexibility index (Phi) is 16.5. The van der Waals surface area contributed by atoms with Gasteiger partial charge in [-0.25, -0.2) is 0 Å². The minimum atomic E-state index is -2.01. The molecule has 0 aliphatic carbocycles. The Hall–Kier alpha value is -1.30. The van der Waals surface area contributed by atoms with E-state index >= 15 is 0 Å². The number of methoxy groups -OCH3 is 1. The molecule has 0 radical (unpaired) electrons. The van der Waals surface area contributed by atoms with E-state index in [-0.39, 0.29) is 25.5 Å². The molecule has 2 saturated heterocycles. The lowest BCUT2D eigenvalue weighted by Gasteiger charge is -2.48. The number of aliphatic hydroxyl groups is 5. The first kappa shape index (κ1) is 45.9. The Balaban J connectivity index is 2.79. The quantitative estimate of drug-likeness (QED) is 0.153. The Bertz CT molecular complexity index is 1120. The Morgan fingerprint density at radius 2 is 1.53 bits per heavy atom. The fraction of sp³-hybridized carbons (Fsp3) is 0.946. The molecular weight excluding hydrogens is 666 g/mol. The highest BCUT2D eigenvalue weighted by molar-refractivity contribution is 5.83. The van der Waals surface area contributed by atoms with Gasteiger partial charge in [-0.05, 0) is 75.4 Å². The molecule has 14 nitrogen and oxygen atoms in total. The number of nitrogens with zero attached hydrogens (tertiary/aromatic N) is 1. The molecule has 0 saturated carbocycles. The smallest absolute Gasteiger partial charge is 0.311 e. The average molecular weight is 736 g/mol. The number of esters is 1. The van der Waals surface area contributed by atoms with Gasteiger partial charge in [0.1, 0.15) is 29.7 Å². The zero-order chi connectivity index (χ0) is 39.4. The summed E-state index contributed by atoms with van der Waals surface area (Å²) >= 11 is 0. The number of carbonyl (C=O) groups is 2. The third-order valence-corrected chi connectivity index (χ3v) is 11.5. The van der Waals surface area contributed by atoms with Crippen LogP contribution < -0.4 is 0 Å². The molecule has 2 heterocycles. The van der Waals surface area contributed by atoms with Gasteiger partial charge < -0.3 is 58.9 Å². The minimum absolute atomic E-state index is 0.0872. The molecule has 5 N–H and O–H groups in total. The van der Waals surface area contributed by atoms with E-state index in [0.717, 1.165) is 0 Å². The van der Waals surface area contributed by atoms with E-state index in [1.54, 1.807) is 41.5 Å². The van der Waals surface area contributed by atoms with Gasteiger partial charge in [-0.15, -0.1) is 0 Å². The van der Waals surface area contributed by atoms with Crippen LogP contribution in [0.25, 0.3) is 0 Å². The fourth-order valence-corrected chi connectivity index (χ4v) is 7.82. The highest BCUT2D eigenvalue weighted by Crippen LogP contribution is 2.40. The van der Waals surface area contributed by atoms with Gasteiger partial charge in [0.15, 0.2) is 12.6 Å². The average Bonchev–Trinajstić information content (AvgIpc) is 3.05. The highest BCUT2D eigenvalue weighted by atomic mass is 16.7. The number of ketones is 1. The van der Waals surface area contributed by atoms with Crippen molar-refractivity contribution in [1.82, 2.24) is 4.90 Å². The number of likely N-dealkylation sites (N-methyl/N-ethyl adjacent to an activating group) is 1. The summed E-state index contributed by atoms with van der Waals surface area (Å²) in [4.78, 5) is 29.5. The summed E-state index contributed by atoms with van der Waals surface area (Å²) in [6.45, 7) is 17.9. The van der Waals surface area contributed by atoms with Crippen LogP contribution in [0.5, 0.6) is 0 Å². The summed E-state index contributed by atoms with van der Waals surface area (Å²) in [6, 6.07) is -0.381. The number of cyclic esters (lactones) is 1. The molecule has 2 rings (SSSR count). The van der Waals surface area contributed by atoms with Gasteiger partial charge in [-0.3, -0.25) is 9.59 Å². The largest absolute Gasteiger partial charge is 0.459 e. The molecule has 14 heteroatoms. The van der Waals surface area contributed by atoms with Crippen LogP contribution in [0.1, 0.15) is 95.4 Å². The molecule has 2 fully saturated rings. The van der Waals surface area contributed by atoms with Crippen LogP contribution in [0.4, 0.5) is 0 Å². The molecular formula is C37H69NO13. The van der Waals surface area contributed by atoms with Crippen molar-refractivity contribution in [3.8, 4) is 0 Å². The topological polar surface area (TPSA) is 194 Å². The van der Waals surface area contributed by atoms with Crippen molar-refractivity contribution in [2.75, 3.05) is 27.8 Å². The van der Waals surface area contributed by atoms with Crippen molar-refractivity contribution in [3.63, 3.8) is 0 Å². The normalized spacial score (nSPS) is 44.0. The van der Waals surface area contributed by atoms with Crippen LogP contribution in [-0.2, 0) is 38.0 Å². The van der Waals surface area contributed by atoms with E-state index in [0.29, 0.717) is 6.42 Å². The number of ether oxygens (including phenoxy) is 6. The molecule has 0 bridgehead atoms. The van der Waals surface area contributed by atoms with Gasteiger partial charge in [0.05, 0.1) is 41.5 Å². The van der Waals surface area contributed by atoms with Crippen LogP contribution >= 0.6 is 0 Å². The first-order valence-electron chi connectivity index (χ1n) is 18.4. The number of rotatable bonds is 11. The molecule has 51 heavy (non-hydrogen) atoms. The van der Waals surface area contributed by atoms with Crippen LogP contribution in [0.2, 0.25) is 0 Å². The van der Waals surface area contributed by atoms with Gasteiger partial charge in [-0.2, -0.15) is 0 Å². The second kappa shape index (κ2) is 18.4. The number of hydrogen-bond donors (Lipinski definition) is 5. The lowest BCUT2D eigenvalue weighted by Crippen LogP contribution is -2.60. The molecule has 0 aromatic heterocycles. The third kappa shape index (κ3) is 10.5. The van der Waals surface area contributed by atoms with Crippen LogP contribution in [0.3, 0.4) is 0 Å². The van der Waals surface area contributed by atoms with E-state index in [2.05, 4.69) is 0 Å². The molecule has 2 aliphatic rings. The highest BCUT2D eigenvalue weighted by Gasteiger charge is 2.52. The summed E-state index contributed by atoms with van der Waals surface area (Å²) in [5.41, 5.74) is -4.87. The SMILES string of the molecule is CCO[C@@H](O[C@@H]1[C@@H](C)[C@H](O[C@@H]2CC(C)(OC)C(O)[C@H](C)O2)[C@@H](C)C(=O)O[C@H](C)[C@@](C)(O)[C@H](O)[C@@H](C)C(=O)[C@H](C)C[C@@]1(C)O)C(O)C(CC)N(C)C. The van der Waals surface area contributed by atoms with Crippen molar-refractivity contribution in [2.45, 2.75) is 174 Å². The Labute approximate surface area is 305 Å². The predicted octanol–water partition coefficient (Wildman–Crippen LogP) is 2.03. The van der Waals surface area contributed by atoms with Crippen molar-refractivity contribution >= 4 is 11.8 Å². The monoisotopic (exact) mass is 735 g/mol. The zero-order valence-electron chi connectivity index (χ0n) is 33.4. The second-order valence-electron chi connectivity index (χ2n) is 15.9. The first-order valence-corrected chi connectivity index (χ1v) is 18.4. The van der Waals surface area contributed by atoms with Crippen LogP contribution in [0.15, 0.2) is 0 Å². The van der Waals surface area contributed by atoms with Gasteiger partial charge in [-0.1, -0.05) is 27.7 Å². The zero-order valence-corrected chi connectivity index (χ0v) is 33.4. The fourth-order valence-electron chi connectivity index (χ4n) is 7.82. The number of Topliss-reactive ketones (excluding diaryl/α,β-unsaturated/α-hetero) is 1. The van der Waals surface area contributed by atoms with Gasteiger partial charge in [0.2, 0.25) is 0 Å². The van der Waals surface area contributed by atoms with E-state index in [1.165, 1.54) is 34.8 Å². The number of carbonyl (C=O) groups excluding carboxylic acids is 2. The third-order valence-electron chi connectivity index (χ3n) is 11.5. The maximum atomic E-state index is 13.9.